The van der Waals surface area contributed by atoms with Crippen LogP contribution in [0.1, 0.15) is 20.8 Å². The number of ether oxygens (including phenoxy) is 1. The molecular weight excluding hydrogens is 196 g/mol. The van der Waals surface area contributed by atoms with Crippen molar-refractivity contribution in [2.45, 2.75) is 20.8 Å². The summed E-state index contributed by atoms with van der Waals surface area (Å²) in [7, 11) is 0. The molecule has 0 fully saturated rings. The number of esters is 1. The van der Waals surface area contributed by atoms with E-state index < -0.39 is 0 Å². The van der Waals surface area contributed by atoms with Crippen molar-refractivity contribution in [1.82, 2.24) is 0 Å². The van der Waals surface area contributed by atoms with Crippen molar-refractivity contribution < 1.29 is 9.53 Å². The number of hydrogen-bond acceptors (Lipinski definition) is 2. The van der Waals surface area contributed by atoms with E-state index in [4.69, 9.17) is 4.74 Å². The maximum Gasteiger partial charge on any atom is 0.345 e. The molecule has 0 unspecified atom stereocenters. The molecule has 0 amide bonds. The fourth-order valence-electron chi connectivity index (χ4n) is 0.399. The van der Waals surface area contributed by atoms with Gasteiger partial charge in [0.15, 0.2) is 0 Å². The Morgan fingerprint density at radius 2 is 2.00 bits per heavy atom. The number of allylic oxidation sites excluding steroid dienone is 1. The minimum Gasteiger partial charge on any atom is -0.462 e. The van der Waals surface area contributed by atoms with E-state index in [0.717, 1.165) is 5.57 Å². The molecule has 0 radical (unpaired) electrons. The highest BCUT2D eigenvalue weighted by Crippen LogP contribution is 2.12. The molecule has 0 rings (SSSR count). The van der Waals surface area contributed by atoms with E-state index in [1.54, 1.807) is 6.92 Å². The third-order valence-corrected chi connectivity index (χ3v) is 2.01. The van der Waals surface area contributed by atoms with Crippen molar-refractivity contribution in [2.24, 2.45) is 0 Å². The van der Waals surface area contributed by atoms with E-state index in [-0.39, 0.29) is 5.97 Å². The zero-order valence-electron chi connectivity index (χ0n) is 6.40. The molecule has 0 aromatic heterocycles. The smallest absolute Gasteiger partial charge is 0.345 e. The van der Waals surface area contributed by atoms with Gasteiger partial charge in [-0.25, -0.2) is 4.79 Å². The molecule has 2 nitrogen and oxygen atoms in total. The Bertz CT molecular complexity index is 157. The van der Waals surface area contributed by atoms with Crippen molar-refractivity contribution in [3.63, 3.8) is 0 Å². The van der Waals surface area contributed by atoms with Gasteiger partial charge in [-0.2, -0.15) is 0 Å². The maximum absolute atomic E-state index is 10.9. The summed E-state index contributed by atoms with van der Waals surface area (Å²) in [5.74, 6) is -0.289. The van der Waals surface area contributed by atoms with Gasteiger partial charge in [-0.3, -0.25) is 0 Å². The summed E-state index contributed by atoms with van der Waals surface area (Å²) in [6.45, 7) is 5.90. The Morgan fingerprint density at radius 3 is 2.30 bits per heavy atom. The molecule has 10 heavy (non-hydrogen) atoms. The SMILES string of the molecule is CCOC(=O)C(Br)=C(C)C. The minimum atomic E-state index is -0.289. The molecule has 0 bridgehead atoms. The van der Waals surface area contributed by atoms with Gasteiger partial charge in [-0.1, -0.05) is 5.57 Å². The van der Waals surface area contributed by atoms with Gasteiger partial charge in [-0.15, -0.1) is 0 Å². The predicted molar refractivity (Wildman–Crippen MR) is 43.9 cm³/mol. The highest BCUT2D eigenvalue weighted by Gasteiger charge is 2.06. The van der Waals surface area contributed by atoms with Crippen LogP contribution in [0.25, 0.3) is 0 Å². The van der Waals surface area contributed by atoms with Crippen LogP contribution in [0, 0.1) is 0 Å². The van der Waals surface area contributed by atoms with Crippen molar-refractivity contribution in [2.75, 3.05) is 6.61 Å². The van der Waals surface area contributed by atoms with Crippen molar-refractivity contribution >= 4 is 21.9 Å². The molecule has 0 aliphatic rings. The fraction of sp³-hybridized carbons (Fsp3) is 0.571. The standard InChI is InChI=1S/C7H11BrO2/c1-4-10-7(9)6(8)5(2)3/h4H2,1-3H3. The third kappa shape index (κ3) is 3.01. The molecule has 3 heteroatoms. The maximum atomic E-state index is 10.9. The van der Waals surface area contributed by atoms with Gasteiger partial charge in [0.1, 0.15) is 4.48 Å². The van der Waals surface area contributed by atoms with Gasteiger partial charge in [0.25, 0.3) is 0 Å². The van der Waals surface area contributed by atoms with Crippen LogP contribution >= 0.6 is 15.9 Å². The average Bonchev–Trinajstić information content (AvgIpc) is 1.87. The summed E-state index contributed by atoms with van der Waals surface area (Å²) in [4.78, 5) is 10.9. The first-order valence-electron chi connectivity index (χ1n) is 3.09. The van der Waals surface area contributed by atoms with E-state index >= 15 is 0 Å². The Kier molecular flexibility index (Phi) is 4.36. The van der Waals surface area contributed by atoms with Crippen LogP contribution in [0.2, 0.25) is 0 Å². The molecule has 0 spiro atoms. The first-order valence-corrected chi connectivity index (χ1v) is 3.89. The zero-order chi connectivity index (χ0) is 8.15. The summed E-state index contributed by atoms with van der Waals surface area (Å²) in [5.41, 5.74) is 0.929. The first-order chi connectivity index (χ1) is 4.59. The Balaban J connectivity index is 4.09. The van der Waals surface area contributed by atoms with Crippen LogP contribution in [0.4, 0.5) is 0 Å². The molecule has 0 N–H and O–H groups in total. The number of carbonyl (C=O) groups is 1. The van der Waals surface area contributed by atoms with Crippen LogP contribution in [-0.4, -0.2) is 12.6 Å². The lowest BCUT2D eigenvalue weighted by molar-refractivity contribution is -0.137. The summed E-state index contributed by atoms with van der Waals surface area (Å²) >= 11 is 3.11. The van der Waals surface area contributed by atoms with E-state index in [2.05, 4.69) is 15.9 Å². The highest BCUT2D eigenvalue weighted by atomic mass is 79.9. The number of rotatable bonds is 2. The number of hydrogen-bond donors (Lipinski definition) is 0. The molecule has 0 heterocycles. The van der Waals surface area contributed by atoms with E-state index in [0.29, 0.717) is 11.1 Å². The van der Waals surface area contributed by atoms with Gasteiger partial charge in [0, 0.05) is 0 Å². The first kappa shape index (κ1) is 9.69. The predicted octanol–water partition coefficient (Wildman–Crippen LogP) is 2.24. The summed E-state index contributed by atoms with van der Waals surface area (Å²) in [5, 5.41) is 0. The van der Waals surface area contributed by atoms with Crippen LogP contribution in [0.5, 0.6) is 0 Å². The second kappa shape index (κ2) is 4.50. The topological polar surface area (TPSA) is 26.3 Å². The molecule has 0 aliphatic heterocycles. The molecule has 58 valence electrons. The highest BCUT2D eigenvalue weighted by molar-refractivity contribution is 9.12. The molecule has 0 aromatic carbocycles. The molecule has 0 aromatic rings. The Morgan fingerprint density at radius 1 is 1.50 bits per heavy atom. The molecule has 0 atom stereocenters. The quantitative estimate of drug-likeness (QED) is 0.512. The lowest BCUT2D eigenvalue weighted by Crippen LogP contribution is -2.04. The molecule has 0 aliphatic carbocycles. The fourth-order valence-corrected chi connectivity index (χ4v) is 0.513. The molecule has 0 saturated carbocycles. The number of carbonyl (C=O) groups excluding carboxylic acids is 1. The second-order valence-corrected chi connectivity index (χ2v) is 2.83. The van der Waals surface area contributed by atoms with Crippen LogP contribution < -0.4 is 0 Å². The van der Waals surface area contributed by atoms with Gasteiger partial charge in [-0.05, 0) is 36.7 Å². The monoisotopic (exact) mass is 206 g/mol. The van der Waals surface area contributed by atoms with Crippen LogP contribution in [-0.2, 0) is 9.53 Å². The second-order valence-electron chi connectivity index (χ2n) is 2.03. The van der Waals surface area contributed by atoms with Crippen LogP contribution in [0.15, 0.2) is 10.1 Å². The van der Waals surface area contributed by atoms with Gasteiger partial charge >= 0.3 is 5.97 Å². The van der Waals surface area contributed by atoms with Gasteiger partial charge in [0.2, 0.25) is 0 Å². The summed E-state index contributed by atoms with van der Waals surface area (Å²) < 4.78 is 5.24. The lowest BCUT2D eigenvalue weighted by Gasteiger charge is -2.00. The van der Waals surface area contributed by atoms with Crippen LogP contribution in [0.3, 0.4) is 0 Å². The summed E-state index contributed by atoms with van der Waals surface area (Å²) in [6.07, 6.45) is 0. The normalized spacial score (nSPS) is 8.80. The van der Waals surface area contributed by atoms with E-state index in [9.17, 15) is 4.79 Å². The number of halogens is 1. The van der Waals surface area contributed by atoms with Gasteiger partial charge < -0.3 is 4.74 Å². The van der Waals surface area contributed by atoms with E-state index in [1.807, 2.05) is 13.8 Å². The minimum absolute atomic E-state index is 0.289. The lowest BCUT2D eigenvalue weighted by atomic mass is 10.3. The molecular formula is C7H11BrO2. The van der Waals surface area contributed by atoms with E-state index in [1.165, 1.54) is 0 Å². The third-order valence-electron chi connectivity index (χ3n) is 0.894. The zero-order valence-corrected chi connectivity index (χ0v) is 7.99. The molecule has 0 saturated heterocycles. The van der Waals surface area contributed by atoms with Crippen molar-refractivity contribution in [1.29, 1.82) is 0 Å². The van der Waals surface area contributed by atoms with Gasteiger partial charge in [0.05, 0.1) is 6.61 Å². The Labute approximate surface area is 69.4 Å². The largest absolute Gasteiger partial charge is 0.462 e. The van der Waals surface area contributed by atoms with Crippen molar-refractivity contribution in [3.8, 4) is 0 Å². The average molecular weight is 207 g/mol. The summed E-state index contributed by atoms with van der Waals surface area (Å²) in [6, 6.07) is 0. The Hall–Kier alpha value is -0.310. The van der Waals surface area contributed by atoms with Crippen molar-refractivity contribution in [3.05, 3.63) is 10.1 Å².